The third-order valence-corrected chi connectivity index (χ3v) is 2.38. The van der Waals surface area contributed by atoms with Crippen molar-refractivity contribution in [2.75, 3.05) is 0 Å². The van der Waals surface area contributed by atoms with Crippen LogP contribution in [0.4, 0.5) is 0 Å². The lowest BCUT2D eigenvalue weighted by atomic mass is 9.94. The van der Waals surface area contributed by atoms with Crippen molar-refractivity contribution in [2.45, 2.75) is 12.5 Å². The number of nitrogens with two attached hydrogens (primary N) is 2. The number of pyridine rings is 1. The number of nitrogens with zero attached hydrogens (tertiary/aromatic N) is 1. The highest BCUT2D eigenvalue weighted by Gasteiger charge is 2.30. The molecule has 14 heavy (non-hydrogen) atoms. The monoisotopic (exact) mass is 233 g/mol. The average molecular weight is 234 g/mol. The van der Waals surface area contributed by atoms with E-state index in [4.69, 9.17) is 34.7 Å². The standard InChI is InChI=1S/C8H9Cl2N3O/c1-8(12,7(11)14)4-2-3-5(9)13-6(4)10/h2-3H,12H2,1H3,(H2,11,14)/t8-/m0/s1. The van der Waals surface area contributed by atoms with Crippen molar-refractivity contribution in [2.24, 2.45) is 11.5 Å². The van der Waals surface area contributed by atoms with Gasteiger partial charge in [-0.15, -0.1) is 0 Å². The van der Waals surface area contributed by atoms with Gasteiger partial charge in [-0.25, -0.2) is 4.98 Å². The number of rotatable bonds is 2. The Balaban J connectivity index is 3.26. The molecule has 1 aromatic heterocycles. The van der Waals surface area contributed by atoms with Crippen LogP contribution < -0.4 is 11.5 Å². The van der Waals surface area contributed by atoms with E-state index in [-0.39, 0.29) is 10.3 Å². The Kier molecular flexibility index (Phi) is 2.99. The van der Waals surface area contributed by atoms with Gasteiger partial charge in [-0.3, -0.25) is 4.79 Å². The molecule has 0 radical (unpaired) electrons. The van der Waals surface area contributed by atoms with E-state index in [0.717, 1.165) is 0 Å². The first kappa shape index (κ1) is 11.2. The van der Waals surface area contributed by atoms with Crippen LogP contribution in [0.2, 0.25) is 10.3 Å². The van der Waals surface area contributed by atoms with Crippen LogP contribution in [0.5, 0.6) is 0 Å². The molecule has 4 N–H and O–H groups in total. The maximum absolute atomic E-state index is 11.0. The van der Waals surface area contributed by atoms with Gasteiger partial charge in [0.25, 0.3) is 0 Å². The maximum Gasteiger partial charge on any atom is 0.241 e. The van der Waals surface area contributed by atoms with E-state index in [9.17, 15) is 4.79 Å². The molecule has 0 unspecified atom stereocenters. The summed E-state index contributed by atoms with van der Waals surface area (Å²) in [6.07, 6.45) is 0. The van der Waals surface area contributed by atoms with Gasteiger partial charge in [0, 0.05) is 5.56 Å². The van der Waals surface area contributed by atoms with E-state index < -0.39 is 11.4 Å². The number of carbonyl (C=O) groups excluding carboxylic acids is 1. The van der Waals surface area contributed by atoms with Crippen LogP contribution in [-0.2, 0) is 10.3 Å². The zero-order chi connectivity index (χ0) is 10.9. The Morgan fingerprint density at radius 2 is 2.07 bits per heavy atom. The van der Waals surface area contributed by atoms with Gasteiger partial charge in [0.1, 0.15) is 15.8 Å². The first-order valence-corrected chi connectivity index (χ1v) is 4.52. The molecule has 0 saturated heterocycles. The molecule has 6 heteroatoms. The molecule has 0 bridgehead atoms. The molecule has 0 spiro atoms. The van der Waals surface area contributed by atoms with Crippen molar-refractivity contribution in [3.05, 3.63) is 28.0 Å². The fourth-order valence-corrected chi connectivity index (χ4v) is 1.47. The minimum absolute atomic E-state index is 0.0845. The zero-order valence-corrected chi connectivity index (χ0v) is 8.93. The second kappa shape index (κ2) is 3.73. The third kappa shape index (κ3) is 1.97. The highest BCUT2D eigenvalue weighted by Crippen LogP contribution is 2.25. The van der Waals surface area contributed by atoms with Gasteiger partial charge < -0.3 is 11.5 Å². The predicted octanol–water partition coefficient (Wildman–Crippen LogP) is 1.05. The van der Waals surface area contributed by atoms with E-state index in [2.05, 4.69) is 4.98 Å². The highest BCUT2D eigenvalue weighted by molar-refractivity contribution is 6.33. The summed E-state index contributed by atoms with van der Waals surface area (Å²) in [7, 11) is 0. The summed E-state index contributed by atoms with van der Waals surface area (Å²) in [5.41, 5.74) is 9.83. The Morgan fingerprint density at radius 1 is 1.50 bits per heavy atom. The van der Waals surface area contributed by atoms with E-state index in [0.29, 0.717) is 5.56 Å². The largest absolute Gasteiger partial charge is 0.368 e. The Morgan fingerprint density at radius 3 is 2.50 bits per heavy atom. The molecule has 4 nitrogen and oxygen atoms in total. The second-order valence-corrected chi connectivity index (χ2v) is 3.78. The molecule has 1 atom stereocenters. The molecule has 1 rings (SSSR count). The van der Waals surface area contributed by atoms with Crippen LogP contribution in [0.3, 0.4) is 0 Å². The number of aromatic nitrogens is 1. The molecule has 0 aliphatic rings. The number of hydrogen-bond donors (Lipinski definition) is 2. The van der Waals surface area contributed by atoms with Gasteiger partial charge in [-0.05, 0) is 13.0 Å². The smallest absolute Gasteiger partial charge is 0.241 e. The van der Waals surface area contributed by atoms with Crippen LogP contribution in [0, 0.1) is 0 Å². The number of hydrogen-bond acceptors (Lipinski definition) is 3. The number of primary amides is 1. The van der Waals surface area contributed by atoms with Gasteiger partial charge in [0.15, 0.2) is 0 Å². The van der Waals surface area contributed by atoms with Crippen molar-refractivity contribution in [1.29, 1.82) is 0 Å². The molecular formula is C8H9Cl2N3O. The van der Waals surface area contributed by atoms with Gasteiger partial charge in [0.05, 0.1) is 0 Å². The summed E-state index contributed by atoms with van der Waals surface area (Å²) in [6.45, 7) is 1.46. The van der Waals surface area contributed by atoms with Gasteiger partial charge >= 0.3 is 0 Å². The average Bonchev–Trinajstić information content (AvgIpc) is 2.02. The lowest BCUT2D eigenvalue weighted by molar-refractivity contribution is -0.122. The molecule has 76 valence electrons. The van der Waals surface area contributed by atoms with Gasteiger partial charge in [-0.2, -0.15) is 0 Å². The van der Waals surface area contributed by atoms with Crippen molar-refractivity contribution in [3.63, 3.8) is 0 Å². The summed E-state index contributed by atoms with van der Waals surface area (Å²) in [4.78, 5) is 14.8. The fourth-order valence-electron chi connectivity index (χ4n) is 0.932. The summed E-state index contributed by atoms with van der Waals surface area (Å²) in [6, 6.07) is 3.03. The Hall–Kier alpha value is -0.840. The topological polar surface area (TPSA) is 82.0 Å². The first-order valence-electron chi connectivity index (χ1n) is 3.77. The summed E-state index contributed by atoms with van der Waals surface area (Å²) in [5, 5.41) is 0.320. The van der Waals surface area contributed by atoms with Crippen molar-refractivity contribution in [1.82, 2.24) is 4.98 Å². The van der Waals surface area contributed by atoms with Crippen LogP contribution in [0.1, 0.15) is 12.5 Å². The Bertz CT molecular complexity index is 379. The van der Waals surface area contributed by atoms with Crippen LogP contribution >= 0.6 is 23.2 Å². The van der Waals surface area contributed by atoms with E-state index in [1.165, 1.54) is 19.1 Å². The SMILES string of the molecule is C[C@@](N)(C(N)=O)c1ccc(Cl)nc1Cl. The highest BCUT2D eigenvalue weighted by atomic mass is 35.5. The fraction of sp³-hybridized carbons (Fsp3) is 0.250. The number of halogens is 2. The number of carbonyl (C=O) groups is 1. The predicted molar refractivity (Wildman–Crippen MR) is 55.0 cm³/mol. The summed E-state index contributed by atoms with van der Waals surface area (Å²) >= 11 is 11.4. The van der Waals surface area contributed by atoms with Gasteiger partial charge in [-0.1, -0.05) is 29.3 Å². The van der Waals surface area contributed by atoms with Crippen molar-refractivity contribution in [3.8, 4) is 0 Å². The molecule has 0 aliphatic heterocycles. The third-order valence-electron chi connectivity index (χ3n) is 1.89. The molecule has 1 amide bonds. The minimum atomic E-state index is -1.34. The molecule has 0 aliphatic carbocycles. The Labute approximate surface area is 91.2 Å². The molecule has 0 fully saturated rings. The second-order valence-electron chi connectivity index (χ2n) is 3.04. The molecule has 1 heterocycles. The lowest BCUT2D eigenvalue weighted by Crippen LogP contribution is -2.46. The molecule has 0 saturated carbocycles. The van der Waals surface area contributed by atoms with Crippen molar-refractivity contribution >= 4 is 29.1 Å². The maximum atomic E-state index is 11.0. The van der Waals surface area contributed by atoms with Crippen LogP contribution in [0.25, 0.3) is 0 Å². The van der Waals surface area contributed by atoms with Crippen LogP contribution in [0.15, 0.2) is 12.1 Å². The lowest BCUT2D eigenvalue weighted by Gasteiger charge is -2.21. The summed E-state index contributed by atoms with van der Waals surface area (Å²) in [5.74, 6) is -0.677. The van der Waals surface area contributed by atoms with E-state index in [1.54, 1.807) is 0 Å². The molecule has 0 aromatic carbocycles. The van der Waals surface area contributed by atoms with E-state index >= 15 is 0 Å². The summed E-state index contributed by atoms with van der Waals surface area (Å²) < 4.78 is 0. The number of amides is 1. The van der Waals surface area contributed by atoms with E-state index in [1.807, 2.05) is 0 Å². The minimum Gasteiger partial charge on any atom is -0.368 e. The van der Waals surface area contributed by atoms with Gasteiger partial charge in [0.2, 0.25) is 5.91 Å². The molecule has 1 aromatic rings. The van der Waals surface area contributed by atoms with Crippen molar-refractivity contribution < 1.29 is 4.79 Å². The first-order chi connectivity index (χ1) is 6.35. The van der Waals surface area contributed by atoms with Crippen LogP contribution in [-0.4, -0.2) is 10.9 Å². The normalized spacial score (nSPS) is 14.9. The quantitative estimate of drug-likeness (QED) is 0.750. The zero-order valence-electron chi connectivity index (χ0n) is 7.42. The molecular weight excluding hydrogens is 225 g/mol.